The Morgan fingerprint density at radius 3 is 2.78 bits per heavy atom. The van der Waals surface area contributed by atoms with Crippen molar-refractivity contribution in [1.82, 2.24) is 15.0 Å². The van der Waals surface area contributed by atoms with Crippen LogP contribution in [0.4, 0.5) is 5.82 Å². The maximum Gasteiger partial charge on any atom is 0.137 e. The third kappa shape index (κ3) is 4.20. The highest BCUT2D eigenvalue weighted by Crippen LogP contribution is 2.20. The second-order valence-electron chi connectivity index (χ2n) is 5.29. The van der Waals surface area contributed by atoms with Gasteiger partial charge in [-0.25, -0.2) is 9.97 Å². The van der Waals surface area contributed by atoms with E-state index in [4.69, 9.17) is 9.97 Å². The average Bonchev–Trinajstić information content (AvgIpc) is 2.61. The van der Waals surface area contributed by atoms with Crippen LogP contribution in [0.5, 0.6) is 0 Å². The molecule has 3 rings (SSSR count). The molecule has 1 aromatic carbocycles. The van der Waals surface area contributed by atoms with Crippen molar-refractivity contribution in [3.8, 4) is 0 Å². The first-order chi connectivity index (χ1) is 11.4. The number of fused-ring (bicyclic) bond motifs is 1. The van der Waals surface area contributed by atoms with Crippen molar-refractivity contribution < 1.29 is 0 Å². The highest BCUT2D eigenvalue weighted by molar-refractivity contribution is 7.98. The number of hydrogen-bond acceptors (Lipinski definition) is 5. The van der Waals surface area contributed by atoms with Gasteiger partial charge in [-0.1, -0.05) is 18.2 Å². The van der Waals surface area contributed by atoms with Crippen LogP contribution >= 0.6 is 11.8 Å². The quantitative estimate of drug-likeness (QED) is 0.673. The Kier molecular flexibility index (Phi) is 5.42. The van der Waals surface area contributed by atoms with Crippen LogP contribution in [0.15, 0.2) is 48.8 Å². The van der Waals surface area contributed by atoms with E-state index in [1.807, 2.05) is 42.2 Å². The fourth-order valence-corrected chi connectivity index (χ4v) is 2.75. The molecule has 0 bridgehead atoms. The van der Waals surface area contributed by atoms with Gasteiger partial charge < -0.3 is 5.32 Å². The van der Waals surface area contributed by atoms with Crippen molar-refractivity contribution >= 4 is 28.5 Å². The van der Waals surface area contributed by atoms with Crippen molar-refractivity contribution in [2.75, 3.05) is 23.9 Å². The predicted octanol–water partition coefficient (Wildman–Crippen LogP) is 3.58. The molecular weight excluding hydrogens is 304 g/mol. The summed E-state index contributed by atoms with van der Waals surface area (Å²) in [5.41, 5.74) is 2.21. The largest absolute Gasteiger partial charge is 0.369 e. The van der Waals surface area contributed by atoms with Gasteiger partial charge in [0.15, 0.2) is 0 Å². The van der Waals surface area contributed by atoms with Crippen molar-refractivity contribution in [3.05, 3.63) is 60.2 Å². The number of para-hydroxylation sites is 1. The molecule has 2 heterocycles. The molecule has 3 aromatic rings. The zero-order valence-electron chi connectivity index (χ0n) is 13.2. The molecule has 0 aliphatic carbocycles. The second kappa shape index (κ2) is 7.92. The summed E-state index contributed by atoms with van der Waals surface area (Å²) in [6, 6.07) is 12.2. The van der Waals surface area contributed by atoms with E-state index in [-0.39, 0.29) is 0 Å². The SMILES string of the molecule is CSCCNc1nc(CCc2cccnc2)nc2ccccc12. The van der Waals surface area contributed by atoms with E-state index in [0.29, 0.717) is 0 Å². The number of rotatable bonds is 7. The number of hydrogen-bond donors (Lipinski definition) is 1. The smallest absolute Gasteiger partial charge is 0.137 e. The molecule has 0 spiro atoms. The molecule has 1 N–H and O–H groups in total. The van der Waals surface area contributed by atoms with Gasteiger partial charge in [-0.05, 0) is 36.4 Å². The molecule has 0 amide bonds. The molecule has 0 saturated heterocycles. The van der Waals surface area contributed by atoms with Crippen LogP contribution < -0.4 is 5.32 Å². The standard InChI is InChI=1S/C18H20N4S/c1-23-12-11-20-18-15-6-2-3-7-16(15)21-17(22-18)9-8-14-5-4-10-19-13-14/h2-7,10,13H,8-9,11-12H2,1H3,(H,20,21,22). The van der Waals surface area contributed by atoms with Gasteiger partial charge in [0.1, 0.15) is 11.6 Å². The predicted molar refractivity (Wildman–Crippen MR) is 98.1 cm³/mol. The van der Waals surface area contributed by atoms with Crippen LogP contribution in [-0.4, -0.2) is 33.5 Å². The molecule has 5 heteroatoms. The summed E-state index contributed by atoms with van der Waals surface area (Å²) in [5, 5.41) is 4.53. The highest BCUT2D eigenvalue weighted by atomic mass is 32.2. The van der Waals surface area contributed by atoms with Crippen molar-refractivity contribution in [3.63, 3.8) is 0 Å². The average molecular weight is 324 g/mol. The van der Waals surface area contributed by atoms with E-state index in [0.717, 1.165) is 47.7 Å². The third-order valence-electron chi connectivity index (χ3n) is 3.61. The van der Waals surface area contributed by atoms with Gasteiger partial charge in [-0.3, -0.25) is 4.98 Å². The molecule has 23 heavy (non-hydrogen) atoms. The third-order valence-corrected chi connectivity index (χ3v) is 4.22. The highest BCUT2D eigenvalue weighted by Gasteiger charge is 2.07. The fraction of sp³-hybridized carbons (Fsp3) is 0.278. The van der Waals surface area contributed by atoms with Crippen molar-refractivity contribution in [2.45, 2.75) is 12.8 Å². The zero-order chi connectivity index (χ0) is 15.9. The number of pyridine rings is 1. The fourth-order valence-electron chi connectivity index (χ4n) is 2.44. The molecule has 0 unspecified atom stereocenters. The summed E-state index contributed by atoms with van der Waals surface area (Å²) in [7, 11) is 0. The molecule has 0 aliphatic rings. The molecule has 118 valence electrons. The summed E-state index contributed by atoms with van der Waals surface area (Å²) >= 11 is 1.83. The molecular formula is C18H20N4S. The van der Waals surface area contributed by atoms with E-state index in [1.54, 1.807) is 6.20 Å². The van der Waals surface area contributed by atoms with Gasteiger partial charge >= 0.3 is 0 Å². The number of nitrogens with zero attached hydrogens (tertiary/aromatic N) is 3. The lowest BCUT2D eigenvalue weighted by molar-refractivity contribution is 0.865. The van der Waals surface area contributed by atoms with Crippen LogP contribution in [0.3, 0.4) is 0 Å². The minimum atomic E-state index is 0.813. The number of thioether (sulfide) groups is 1. The van der Waals surface area contributed by atoms with Gasteiger partial charge in [0.2, 0.25) is 0 Å². The van der Waals surface area contributed by atoms with E-state index in [1.165, 1.54) is 5.56 Å². The Morgan fingerprint density at radius 2 is 1.96 bits per heavy atom. The summed E-state index contributed by atoms with van der Waals surface area (Å²) in [6.45, 7) is 0.907. The topological polar surface area (TPSA) is 50.7 Å². The van der Waals surface area contributed by atoms with Crippen molar-refractivity contribution in [1.29, 1.82) is 0 Å². The number of nitrogens with one attached hydrogen (secondary N) is 1. The van der Waals surface area contributed by atoms with E-state index >= 15 is 0 Å². The molecule has 2 aromatic heterocycles. The Morgan fingerprint density at radius 1 is 1.04 bits per heavy atom. The van der Waals surface area contributed by atoms with Gasteiger partial charge in [0.05, 0.1) is 5.52 Å². The van der Waals surface area contributed by atoms with Gasteiger partial charge in [0, 0.05) is 36.5 Å². The first-order valence-corrected chi connectivity index (χ1v) is 9.13. The van der Waals surface area contributed by atoms with Crippen LogP contribution in [0.2, 0.25) is 0 Å². The summed E-state index contributed by atoms with van der Waals surface area (Å²) < 4.78 is 0. The van der Waals surface area contributed by atoms with Crippen molar-refractivity contribution in [2.24, 2.45) is 0 Å². The lowest BCUT2D eigenvalue weighted by Crippen LogP contribution is -2.09. The maximum atomic E-state index is 4.74. The molecule has 0 radical (unpaired) electrons. The van der Waals surface area contributed by atoms with Crippen LogP contribution in [0.1, 0.15) is 11.4 Å². The van der Waals surface area contributed by atoms with E-state index in [9.17, 15) is 0 Å². The molecule has 0 aliphatic heterocycles. The Balaban J connectivity index is 1.82. The first-order valence-electron chi connectivity index (χ1n) is 7.74. The zero-order valence-corrected chi connectivity index (χ0v) is 14.0. The molecule has 0 atom stereocenters. The second-order valence-corrected chi connectivity index (χ2v) is 6.27. The molecule has 0 saturated carbocycles. The lowest BCUT2D eigenvalue weighted by atomic mass is 10.1. The number of aromatic nitrogens is 3. The Bertz CT molecular complexity index is 761. The molecule has 4 nitrogen and oxygen atoms in total. The summed E-state index contributed by atoms with van der Waals surface area (Å²) in [6.07, 6.45) is 7.52. The van der Waals surface area contributed by atoms with Crippen LogP contribution in [0, 0.1) is 0 Å². The minimum Gasteiger partial charge on any atom is -0.369 e. The normalized spacial score (nSPS) is 10.8. The number of benzene rings is 1. The van der Waals surface area contributed by atoms with Gasteiger partial charge in [0.25, 0.3) is 0 Å². The Labute approximate surface area is 140 Å². The van der Waals surface area contributed by atoms with E-state index in [2.05, 4.69) is 28.7 Å². The molecule has 0 fully saturated rings. The Hall–Kier alpha value is -2.14. The van der Waals surface area contributed by atoms with Gasteiger partial charge in [-0.2, -0.15) is 11.8 Å². The van der Waals surface area contributed by atoms with E-state index < -0.39 is 0 Å². The van der Waals surface area contributed by atoms with Gasteiger partial charge in [-0.15, -0.1) is 0 Å². The summed E-state index contributed by atoms with van der Waals surface area (Å²) in [5.74, 6) is 2.87. The summed E-state index contributed by atoms with van der Waals surface area (Å²) in [4.78, 5) is 13.6. The lowest BCUT2D eigenvalue weighted by Gasteiger charge is -2.10. The maximum absolute atomic E-state index is 4.74. The number of aryl methyl sites for hydroxylation is 2. The first kappa shape index (κ1) is 15.7. The van der Waals surface area contributed by atoms with Crippen LogP contribution in [-0.2, 0) is 12.8 Å². The monoisotopic (exact) mass is 324 g/mol. The van der Waals surface area contributed by atoms with Crippen LogP contribution in [0.25, 0.3) is 10.9 Å². The number of anilines is 1. The minimum absolute atomic E-state index is 0.813.